The van der Waals surface area contributed by atoms with Crippen LogP contribution in [0.3, 0.4) is 0 Å². The maximum Gasteiger partial charge on any atom is 0.256 e. The number of likely N-dealkylation sites (tertiary alicyclic amines) is 1. The van der Waals surface area contributed by atoms with E-state index in [1.165, 1.54) is 0 Å². The van der Waals surface area contributed by atoms with Crippen molar-refractivity contribution in [3.05, 3.63) is 29.3 Å². The molecule has 0 spiro atoms. The second-order valence-corrected chi connectivity index (χ2v) is 5.91. The molecule has 0 aliphatic carbocycles. The molecular formula is C15H24N4O. The number of nitrogens with zero attached hydrogens (tertiary/aromatic N) is 2. The number of nitrogens with two attached hydrogens (primary N) is 1. The molecule has 1 aliphatic heterocycles. The minimum Gasteiger partial charge on any atom is -0.337 e. The molecule has 0 saturated carbocycles. The van der Waals surface area contributed by atoms with Gasteiger partial charge in [0.25, 0.3) is 5.91 Å². The van der Waals surface area contributed by atoms with Gasteiger partial charge in [-0.25, -0.2) is 0 Å². The van der Waals surface area contributed by atoms with Crippen LogP contribution in [0, 0.1) is 12.8 Å². The summed E-state index contributed by atoms with van der Waals surface area (Å²) in [7, 11) is 4.13. The summed E-state index contributed by atoms with van der Waals surface area (Å²) in [6, 6.07) is 6.11. The van der Waals surface area contributed by atoms with Crippen LogP contribution >= 0.6 is 0 Å². The molecular weight excluding hydrogens is 252 g/mol. The minimum absolute atomic E-state index is 0.0536. The van der Waals surface area contributed by atoms with E-state index in [1.807, 2.05) is 30.0 Å². The molecule has 3 N–H and O–H groups in total. The van der Waals surface area contributed by atoms with Crippen LogP contribution in [0.2, 0.25) is 0 Å². The third kappa shape index (κ3) is 2.78. The molecule has 1 fully saturated rings. The summed E-state index contributed by atoms with van der Waals surface area (Å²) in [5.74, 6) is 6.04. The summed E-state index contributed by atoms with van der Waals surface area (Å²) >= 11 is 0. The summed E-state index contributed by atoms with van der Waals surface area (Å²) in [6.07, 6.45) is 0. The van der Waals surface area contributed by atoms with E-state index in [4.69, 9.17) is 5.84 Å². The first-order valence-electron chi connectivity index (χ1n) is 6.97. The van der Waals surface area contributed by atoms with E-state index in [2.05, 4.69) is 31.3 Å². The third-order valence-electron chi connectivity index (χ3n) is 4.08. The highest BCUT2D eigenvalue weighted by Crippen LogP contribution is 2.25. The second kappa shape index (κ2) is 5.81. The van der Waals surface area contributed by atoms with Gasteiger partial charge in [-0.05, 0) is 39.1 Å². The van der Waals surface area contributed by atoms with Crippen LogP contribution in [0.1, 0.15) is 22.8 Å². The number of carbonyl (C=O) groups excluding carboxylic acids is 1. The fourth-order valence-corrected chi connectivity index (χ4v) is 2.92. The first kappa shape index (κ1) is 14.8. The number of nitrogens with one attached hydrogen (secondary N) is 1. The van der Waals surface area contributed by atoms with Gasteiger partial charge >= 0.3 is 0 Å². The van der Waals surface area contributed by atoms with Crippen LogP contribution in [0.15, 0.2) is 18.2 Å². The number of amides is 1. The molecule has 1 aliphatic rings. The lowest BCUT2D eigenvalue weighted by Gasteiger charge is -2.22. The van der Waals surface area contributed by atoms with Crippen molar-refractivity contribution in [1.29, 1.82) is 0 Å². The molecule has 2 atom stereocenters. The highest BCUT2D eigenvalue weighted by Gasteiger charge is 2.34. The Kier molecular flexibility index (Phi) is 4.30. The predicted octanol–water partition coefficient (Wildman–Crippen LogP) is 1.30. The van der Waals surface area contributed by atoms with Gasteiger partial charge in [0.2, 0.25) is 0 Å². The van der Waals surface area contributed by atoms with Crippen molar-refractivity contribution in [2.75, 3.05) is 32.6 Å². The van der Waals surface area contributed by atoms with E-state index >= 15 is 0 Å². The number of benzene rings is 1. The molecule has 0 aromatic heterocycles. The van der Waals surface area contributed by atoms with Gasteiger partial charge in [-0.3, -0.25) is 10.6 Å². The Hall–Kier alpha value is -1.59. The topological polar surface area (TPSA) is 61.6 Å². The first-order valence-corrected chi connectivity index (χ1v) is 6.97. The zero-order chi connectivity index (χ0) is 14.9. The molecule has 1 aromatic rings. The molecule has 1 aromatic carbocycles. The summed E-state index contributed by atoms with van der Waals surface area (Å²) in [6.45, 7) is 5.73. The monoisotopic (exact) mass is 276 g/mol. The number of hydrazine groups is 1. The normalized spacial score (nSPS) is 22.4. The van der Waals surface area contributed by atoms with Gasteiger partial charge in [-0.2, -0.15) is 0 Å². The van der Waals surface area contributed by atoms with E-state index in [9.17, 15) is 4.79 Å². The van der Waals surface area contributed by atoms with Crippen molar-refractivity contribution in [2.45, 2.75) is 19.9 Å². The maximum absolute atomic E-state index is 12.7. The van der Waals surface area contributed by atoms with E-state index in [0.717, 1.165) is 18.7 Å². The molecule has 0 bridgehead atoms. The second-order valence-electron chi connectivity index (χ2n) is 5.91. The molecule has 1 heterocycles. The highest BCUT2D eigenvalue weighted by atomic mass is 16.2. The van der Waals surface area contributed by atoms with Gasteiger partial charge in [0.05, 0.1) is 11.3 Å². The number of carbonyl (C=O) groups is 1. The number of rotatable bonds is 3. The molecule has 1 amide bonds. The summed E-state index contributed by atoms with van der Waals surface area (Å²) in [5, 5.41) is 0. The van der Waals surface area contributed by atoms with Crippen molar-refractivity contribution in [3.8, 4) is 0 Å². The Balaban J connectivity index is 2.23. The average molecular weight is 276 g/mol. The van der Waals surface area contributed by atoms with Crippen molar-refractivity contribution in [2.24, 2.45) is 11.8 Å². The summed E-state index contributed by atoms with van der Waals surface area (Å²) < 4.78 is 0. The zero-order valence-corrected chi connectivity index (χ0v) is 12.7. The Morgan fingerprint density at radius 3 is 2.65 bits per heavy atom. The van der Waals surface area contributed by atoms with E-state index < -0.39 is 0 Å². The van der Waals surface area contributed by atoms with Gasteiger partial charge in [0, 0.05) is 19.1 Å². The molecule has 1 saturated heterocycles. The van der Waals surface area contributed by atoms with Crippen molar-refractivity contribution >= 4 is 11.6 Å². The highest BCUT2D eigenvalue weighted by molar-refractivity contribution is 6.00. The molecule has 5 heteroatoms. The number of hydrogen-bond donors (Lipinski definition) is 2. The summed E-state index contributed by atoms with van der Waals surface area (Å²) in [4.78, 5) is 16.8. The largest absolute Gasteiger partial charge is 0.337 e. The zero-order valence-electron chi connectivity index (χ0n) is 12.7. The first-order chi connectivity index (χ1) is 9.43. The molecule has 20 heavy (non-hydrogen) atoms. The Morgan fingerprint density at radius 2 is 2.10 bits per heavy atom. The van der Waals surface area contributed by atoms with Gasteiger partial charge in [0.1, 0.15) is 0 Å². The van der Waals surface area contributed by atoms with Crippen LogP contribution in [0.4, 0.5) is 5.69 Å². The average Bonchev–Trinajstić information content (AvgIpc) is 2.80. The SMILES string of the molecule is Cc1ccc(NN)c(C(=O)N2CC(C)C(N(C)C)C2)c1. The van der Waals surface area contributed by atoms with Gasteiger partial charge in [-0.1, -0.05) is 18.6 Å². The van der Waals surface area contributed by atoms with Crippen LogP contribution in [-0.2, 0) is 0 Å². The number of nitrogen functional groups attached to an aromatic ring is 1. The Labute approximate surface area is 120 Å². The van der Waals surface area contributed by atoms with Crippen LogP contribution in [0.25, 0.3) is 0 Å². The number of anilines is 1. The lowest BCUT2D eigenvalue weighted by atomic mass is 10.1. The lowest BCUT2D eigenvalue weighted by molar-refractivity contribution is 0.0782. The van der Waals surface area contributed by atoms with E-state index in [0.29, 0.717) is 23.2 Å². The van der Waals surface area contributed by atoms with Crippen molar-refractivity contribution in [3.63, 3.8) is 0 Å². The molecule has 0 radical (unpaired) electrons. The molecule has 110 valence electrons. The minimum atomic E-state index is 0.0536. The fourth-order valence-electron chi connectivity index (χ4n) is 2.92. The number of likely N-dealkylation sites (N-methyl/N-ethyl adjacent to an activating group) is 1. The molecule has 5 nitrogen and oxygen atoms in total. The Morgan fingerprint density at radius 1 is 1.40 bits per heavy atom. The van der Waals surface area contributed by atoms with Crippen LogP contribution in [0.5, 0.6) is 0 Å². The number of hydrogen-bond acceptors (Lipinski definition) is 4. The van der Waals surface area contributed by atoms with Crippen molar-refractivity contribution < 1.29 is 4.79 Å². The van der Waals surface area contributed by atoms with Gasteiger partial charge in [-0.15, -0.1) is 0 Å². The van der Waals surface area contributed by atoms with Gasteiger partial charge in [0.15, 0.2) is 0 Å². The lowest BCUT2D eigenvalue weighted by Crippen LogP contribution is -2.36. The number of aryl methyl sites for hydroxylation is 1. The molecule has 2 rings (SSSR count). The molecule has 2 unspecified atom stereocenters. The van der Waals surface area contributed by atoms with Crippen molar-refractivity contribution in [1.82, 2.24) is 9.80 Å². The smallest absolute Gasteiger partial charge is 0.256 e. The maximum atomic E-state index is 12.7. The fraction of sp³-hybridized carbons (Fsp3) is 0.533. The van der Waals surface area contributed by atoms with Gasteiger partial charge < -0.3 is 15.2 Å². The van der Waals surface area contributed by atoms with Crippen LogP contribution in [-0.4, -0.2) is 48.9 Å². The van der Waals surface area contributed by atoms with E-state index in [1.54, 1.807) is 0 Å². The Bertz CT molecular complexity index is 501. The predicted molar refractivity (Wildman–Crippen MR) is 81.5 cm³/mol. The summed E-state index contributed by atoms with van der Waals surface area (Å²) in [5.41, 5.74) is 5.01. The van der Waals surface area contributed by atoms with Crippen LogP contribution < -0.4 is 11.3 Å². The quantitative estimate of drug-likeness (QED) is 0.645. The van der Waals surface area contributed by atoms with E-state index in [-0.39, 0.29) is 5.91 Å². The standard InChI is InChI=1S/C15H24N4O/c1-10-5-6-13(17-16)12(7-10)15(20)19-8-11(2)14(9-19)18(3)4/h5-7,11,14,17H,8-9,16H2,1-4H3. The third-order valence-corrected chi connectivity index (χ3v) is 4.08.